The summed E-state index contributed by atoms with van der Waals surface area (Å²) in [7, 11) is -0.861. The summed E-state index contributed by atoms with van der Waals surface area (Å²) in [4.78, 5) is 0.998. The lowest BCUT2D eigenvalue weighted by Crippen LogP contribution is -3.19. The standard InChI is InChI=1S/C27H27BF3NO/c1-16-8-17(2)11-20(10-16)27(21-12-18(3)9-19(4)13-21)25-6-5-7-32(25)28(33-27)26-23(30)14-22(29)15-24(26)31/h8-15,25H,5-7H2,1-4H3/p+1. The van der Waals surface area contributed by atoms with Gasteiger partial charge in [-0.25, -0.2) is 13.2 Å². The molecule has 2 nitrogen and oxygen atoms in total. The van der Waals surface area contributed by atoms with E-state index < -0.39 is 30.1 Å². The lowest BCUT2D eigenvalue weighted by Gasteiger charge is -2.34. The molecule has 33 heavy (non-hydrogen) atoms. The molecule has 0 radical (unpaired) electrons. The van der Waals surface area contributed by atoms with E-state index in [-0.39, 0.29) is 11.5 Å². The summed E-state index contributed by atoms with van der Waals surface area (Å²) in [6.07, 6.45) is 1.80. The van der Waals surface area contributed by atoms with E-state index >= 15 is 0 Å². The quantitative estimate of drug-likeness (QED) is 0.595. The number of benzene rings is 3. The normalized spacial score (nSPS) is 21.5. The Hall–Kier alpha value is -2.57. The van der Waals surface area contributed by atoms with Crippen molar-refractivity contribution in [3.8, 4) is 0 Å². The Balaban J connectivity index is 1.78. The molecular formula is C27H28BF3NO+. The van der Waals surface area contributed by atoms with Gasteiger partial charge in [0, 0.05) is 25.0 Å². The van der Waals surface area contributed by atoms with Gasteiger partial charge in [-0.3, -0.25) is 0 Å². The van der Waals surface area contributed by atoms with Crippen molar-refractivity contribution in [3.05, 3.63) is 99.4 Å². The molecule has 2 saturated heterocycles. The topological polar surface area (TPSA) is 13.7 Å². The molecule has 2 aliphatic rings. The number of aryl methyl sites for hydroxylation is 4. The number of halogens is 3. The van der Waals surface area contributed by atoms with Crippen molar-refractivity contribution in [3.63, 3.8) is 0 Å². The summed E-state index contributed by atoms with van der Waals surface area (Å²) in [6, 6.07) is 14.2. The molecule has 5 rings (SSSR count). The van der Waals surface area contributed by atoms with Gasteiger partial charge in [0.25, 0.3) is 0 Å². The lowest BCUT2D eigenvalue weighted by atomic mass is 9.71. The van der Waals surface area contributed by atoms with E-state index in [0.717, 1.165) is 69.7 Å². The zero-order valence-electron chi connectivity index (χ0n) is 19.4. The van der Waals surface area contributed by atoms with Crippen molar-refractivity contribution in [2.75, 3.05) is 6.54 Å². The Morgan fingerprint density at radius 2 is 1.27 bits per heavy atom. The second-order valence-electron chi connectivity index (χ2n) is 9.79. The summed E-state index contributed by atoms with van der Waals surface area (Å²) in [5.74, 6) is -2.71. The van der Waals surface area contributed by atoms with Crippen LogP contribution in [0.25, 0.3) is 0 Å². The highest BCUT2D eigenvalue weighted by atomic mass is 19.1. The molecule has 3 aromatic rings. The molecule has 6 heteroatoms. The lowest BCUT2D eigenvalue weighted by molar-refractivity contribution is -0.799. The third-order valence-electron chi connectivity index (χ3n) is 7.14. The first-order valence-electron chi connectivity index (χ1n) is 11.5. The maximum Gasteiger partial charge on any atom is 0.616 e. The highest BCUT2D eigenvalue weighted by molar-refractivity contribution is 6.60. The van der Waals surface area contributed by atoms with Gasteiger partial charge < -0.3 is 9.47 Å². The van der Waals surface area contributed by atoms with Crippen LogP contribution in [0.4, 0.5) is 13.2 Å². The van der Waals surface area contributed by atoms with Crippen LogP contribution in [0, 0.1) is 45.1 Å². The Labute approximate surface area is 193 Å². The maximum absolute atomic E-state index is 15.0. The number of quaternary nitrogens is 1. The molecule has 2 heterocycles. The van der Waals surface area contributed by atoms with Gasteiger partial charge in [-0.05, 0) is 38.8 Å². The van der Waals surface area contributed by atoms with Gasteiger partial charge in [-0.2, -0.15) is 0 Å². The predicted octanol–water partition coefficient (Wildman–Crippen LogP) is 4.05. The first-order valence-corrected chi connectivity index (χ1v) is 11.5. The summed E-state index contributed by atoms with van der Waals surface area (Å²) in [6.45, 7) is 8.95. The van der Waals surface area contributed by atoms with Gasteiger partial charge in [-0.15, -0.1) is 0 Å². The molecule has 2 fully saturated rings. The zero-order chi connectivity index (χ0) is 23.5. The molecule has 2 unspecified atom stereocenters. The Morgan fingerprint density at radius 1 is 0.788 bits per heavy atom. The maximum atomic E-state index is 15.0. The largest absolute Gasteiger partial charge is 0.616 e. The van der Waals surface area contributed by atoms with Crippen molar-refractivity contribution in [1.29, 1.82) is 0 Å². The molecule has 0 bridgehead atoms. The molecule has 1 N–H and O–H groups in total. The fourth-order valence-electron chi connectivity index (χ4n) is 6.12. The summed E-state index contributed by atoms with van der Waals surface area (Å²) >= 11 is 0. The minimum Gasteiger partial charge on any atom is -0.368 e. The van der Waals surface area contributed by atoms with Crippen LogP contribution < -0.4 is 10.3 Å². The molecule has 0 amide bonds. The van der Waals surface area contributed by atoms with Crippen LogP contribution in [0.15, 0.2) is 48.5 Å². The minimum atomic E-state index is -0.922. The van der Waals surface area contributed by atoms with E-state index in [9.17, 15) is 13.2 Å². The van der Waals surface area contributed by atoms with E-state index in [2.05, 4.69) is 64.1 Å². The van der Waals surface area contributed by atoms with E-state index in [0.29, 0.717) is 0 Å². The van der Waals surface area contributed by atoms with Crippen molar-refractivity contribution in [2.45, 2.75) is 52.2 Å². The first kappa shape index (κ1) is 22.2. The summed E-state index contributed by atoms with van der Waals surface area (Å²) in [5, 5.41) is 0. The van der Waals surface area contributed by atoms with Crippen LogP contribution in [-0.2, 0) is 10.3 Å². The van der Waals surface area contributed by atoms with Gasteiger partial charge in [-0.1, -0.05) is 58.7 Å². The van der Waals surface area contributed by atoms with Crippen LogP contribution in [0.3, 0.4) is 0 Å². The van der Waals surface area contributed by atoms with E-state index in [1.54, 1.807) is 0 Å². The average molecular weight is 450 g/mol. The number of hydrogen-bond donors (Lipinski definition) is 1. The van der Waals surface area contributed by atoms with Gasteiger partial charge >= 0.3 is 7.05 Å². The Morgan fingerprint density at radius 3 is 1.76 bits per heavy atom. The van der Waals surface area contributed by atoms with Gasteiger partial charge in [0.15, 0.2) is 5.60 Å². The van der Waals surface area contributed by atoms with Crippen molar-refractivity contribution in [2.24, 2.45) is 0 Å². The fraction of sp³-hybridized carbons (Fsp3) is 0.333. The van der Waals surface area contributed by atoms with Gasteiger partial charge in [0.05, 0.1) is 12.0 Å². The Bertz CT molecular complexity index is 1130. The van der Waals surface area contributed by atoms with Gasteiger partial charge in [0.2, 0.25) is 0 Å². The number of rotatable bonds is 3. The number of fused-ring (bicyclic) bond motifs is 1. The SMILES string of the molecule is Cc1cc(C)cc(C2(c3cc(C)cc(C)c3)OB(c3c(F)cc(F)cc3F)[NH+]3CCCC32)c1. The van der Waals surface area contributed by atoms with Crippen molar-refractivity contribution < 1.29 is 22.6 Å². The van der Waals surface area contributed by atoms with Crippen LogP contribution >= 0.6 is 0 Å². The van der Waals surface area contributed by atoms with Crippen LogP contribution in [-0.4, -0.2) is 19.6 Å². The zero-order valence-corrected chi connectivity index (χ0v) is 19.4. The van der Waals surface area contributed by atoms with E-state index in [1.807, 2.05) is 0 Å². The molecule has 0 spiro atoms. The fourth-order valence-corrected chi connectivity index (χ4v) is 6.12. The highest BCUT2D eigenvalue weighted by Gasteiger charge is 2.65. The van der Waals surface area contributed by atoms with Crippen LogP contribution in [0.5, 0.6) is 0 Å². The third kappa shape index (κ3) is 3.60. The smallest absolute Gasteiger partial charge is 0.368 e. The molecule has 3 aromatic carbocycles. The first-order chi connectivity index (χ1) is 15.7. The van der Waals surface area contributed by atoms with Gasteiger partial charge in [0.1, 0.15) is 23.5 Å². The molecule has 2 aliphatic heterocycles. The second-order valence-corrected chi connectivity index (χ2v) is 9.79. The highest BCUT2D eigenvalue weighted by Crippen LogP contribution is 2.43. The van der Waals surface area contributed by atoms with E-state index in [1.165, 1.54) is 0 Å². The summed E-state index contributed by atoms with van der Waals surface area (Å²) in [5.41, 5.74) is 5.39. The van der Waals surface area contributed by atoms with Crippen molar-refractivity contribution >= 4 is 12.5 Å². The molecule has 2 atom stereocenters. The van der Waals surface area contributed by atoms with Crippen LogP contribution in [0.1, 0.15) is 46.2 Å². The molecule has 0 saturated carbocycles. The molecular weight excluding hydrogens is 422 g/mol. The monoisotopic (exact) mass is 450 g/mol. The molecule has 170 valence electrons. The molecule has 0 aromatic heterocycles. The number of hydrogen-bond acceptors (Lipinski definition) is 1. The van der Waals surface area contributed by atoms with E-state index in [4.69, 9.17) is 4.65 Å². The average Bonchev–Trinajstić information content (AvgIpc) is 3.28. The van der Waals surface area contributed by atoms with Crippen LogP contribution in [0.2, 0.25) is 0 Å². The predicted molar refractivity (Wildman–Crippen MR) is 124 cm³/mol. The molecule has 0 aliphatic carbocycles. The minimum absolute atomic E-state index is 0.0197. The summed E-state index contributed by atoms with van der Waals surface area (Å²) < 4.78 is 50.5. The number of nitrogens with one attached hydrogen (secondary N) is 1. The second kappa shape index (κ2) is 8.03. The third-order valence-corrected chi connectivity index (χ3v) is 7.14. The van der Waals surface area contributed by atoms with Crippen molar-refractivity contribution in [1.82, 2.24) is 0 Å². The Kier molecular flexibility index (Phi) is 5.41.